The fraction of sp³-hybridized carbons (Fsp3) is 0.423. The van der Waals surface area contributed by atoms with Crippen molar-refractivity contribution in [3.63, 3.8) is 0 Å². The number of carbonyl (C=O) groups excluding carboxylic acids is 1. The van der Waals surface area contributed by atoms with E-state index in [1.54, 1.807) is 6.92 Å². The highest BCUT2D eigenvalue weighted by atomic mass is 16.3. The molecule has 2 aliphatic rings. The summed E-state index contributed by atoms with van der Waals surface area (Å²) >= 11 is 0. The maximum Gasteiger partial charge on any atom is 0.321 e. The third-order valence-electron chi connectivity index (χ3n) is 6.40. The fourth-order valence-corrected chi connectivity index (χ4v) is 4.83. The molecule has 32 heavy (non-hydrogen) atoms. The van der Waals surface area contributed by atoms with Crippen molar-refractivity contribution in [1.29, 1.82) is 0 Å². The van der Waals surface area contributed by atoms with E-state index in [1.807, 2.05) is 47.4 Å². The fourth-order valence-electron chi connectivity index (χ4n) is 4.83. The largest absolute Gasteiger partial charge is 0.395 e. The molecule has 0 bridgehead atoms. The van der Waals surface area contributed by atoms with Crippen molar-refractivity contribution >= 4 is 11.7 Å². The number of aliphatic hydroxyl groups is 2. The van der Waals surface area contributed by atoms with Gasteiger partial charge in [-0.05, 0) is 56.1 Å². The maximum absolute atomic E-state index is 13.0. The number of amides is 2. The third-order valence-corrected chi connectivity index (χ3v) is 6.40. The van der Waals surface area contributed by atoms with E-state index >= 15 is 0 Å². The van der Waals surface area contributed by atoms with Crippen molar-refractivity contribution < 1.29 is 15.0 Å². The smallest absolute Gasteiger partial charge is 0.321 e. The van der Waals surface area contributed by atoms with Gasteiger partial charge in [-0.15, -0.1) is 0 Å². The Balaban J connectivity index is 1.51. The Labute approximate surface area is 189 Å². The summed E-state index contributed by atoms with van der Waals surface area (Å²) in [5.74, 6) is 5.89. The molecular formula is C26H31N3O3. The van der Waals surface area contributed by atoms with Crippen molar-refractivity contribution in [3.8, 4) is 11.8 Å². The van der Waals surface area contributed by atoms with E-state index in [1.165, 1.54) is 0 Å². The minimum absolute atomic E-state index is 0.0616. The molecule has 2 fully saturated rings. The number of carbonyl (C=O) groups is 1. The Hall–Kier alpha value is -2.85. The summed E-state index contributed by atoms with van der Waals surface area (Å²) in [5.41, 5.74) is 2.80. The van der Waals surface area contributed by atoms with E-state index in [9.17, 15) is 15.0 Å². The van der Waals surface area contributed by atoms with Gasteiger partial charge in [-0.2, -0.15) is 0 Å². The number of hydrogen-bond acceptors (Lipinski definition) is 4. The Bertz CT molecular complexity index is 965. The number of nitrogens with one attached hydrogen (secondary N) is 1. The van der Waals surface area contributed by atoms with Crippen LogP contribution in [0.5, 0.6) is 0 Å². The number of para-hydroxylation sites is 1. The molecule has 0 saturated carbocycles. The number of hydrogen-bond donors (Lipinski definition) is 3. The summed E-state index contributed by atoms with van der Waals surface area (Å²) < 4.78 is 0. The highest BCUT2D eigenvalue weighted by Crippen LogP contribution is 2.42. The summed E-state index contributed by atoms with van der Waals surface area (Å²) in [5, 5.41) is 22.5. The van der Waals surface area contributed by atoms with Crippen LogP contribution in [-0.2, 0) is 0 Å². The molecule has 2 aromatic rings. The lowest BCUT2D eigenvalue weighted by Crippen LogP contribution is -2.68. The quantitative estimate of drug-likeness (QED) is 0.651. The minimum Gasteiger partial charge on any atom is -0.395 e. The number of benzene rings is 2. The Morgan fingerprint density at radius 2 is 1.84 bits per heavy atom. The molecule has 0 unspecified atom stereocenters. The standard InChI is InChI=1S/C26H31N3O3/c1-19(31)9-10-20-11-13-21(14-12-20)25-23-17-28(15-5-6-16-29(23)24(25)18-30)26(32)27-22-7-3-2-4-8-22/h2-4,7-8,11-14,19,23-25,30-31H,5-6,15-18H2,1H3,(H,27,32)/t19-,23-,24-,25-/m0/s1. The summed E-state index contributed by atoms with van der Waals surface area (Å²) in [6.45, 7) is 4.04. The number of rotatable bonds is 3. The Kier molecular flexibility index (Phi) is 7.11. The van der Waals surface area contributed by atoms with Gasteiger partial charge >= 0.3 is 6.03 Å². The van der Waals surface area contributed by atoms with Crippen molar-refractivity contribution in [3.05, 3.63) is 65.7 Å². The van der Waals surface area contributed by atoms with E-state index < -0.39 is 6.10 Å². The Morgan fingerprint density at radius 1 is 1.12 bits per heavy atom. The highest BCUT2D eigenvalue weighted by Gasteiger charge is 2.49. The average Bonchev–Trinajstić information content (AvgIpc) is 2.78. The van der Waals surface area contributed by atoms with Gasteiger partial charge in [0.1, 0.15) is 6.10 Å². The molecule has 4 rings (SSSR count). The molecule has 2 aliphatic heterocycles. The first-order chi connectivity index (χ1) is 15.6. The molecule has 0 radical (unpaired) electrons. The van der Waals surface area contributed by atoms with Crippen LogP contribution in [0.25, 0.3) is 0 Å². The minimum atomic E-state index is -0.656. The van der Waals surface area contributed by atoms with E-state index in [4.69, 9.17) is 0 Å². The van der Waals surface area contributed by atoms with Crippen molar-refractivity contribution in [1.82, 2.24) is 9.80 Å². The van der Waals surface area contributed by atoms with E-state index in [0.717, 1.165) is 42.7 Å². The number of nitrogens with zero attached hydrogens (tertiary/aromatic N) is 2. The van der Waals surface area contributed by atoms with Gasteiger partial charge in [-0.3, -0.25) is 4.90 Å². The van der Waals surface area contributed by atoms with Crippen LogP contribution in [0.2, 0.25) is 0 Å². The SMILES string of the molecule is C[C@H](O)C#Cc1ccc([C@@H]2[C@H](CO)N3CCCCN(C(=O)Nc4ccccc4)C[C@@H]23)cc1. The van der Waals surface area contributed by atoms with Gasteiger partial charge in [0.2, 0.25) is 0 Å². The van der Waals surface area contributed by atoms with Gasteiger partial charge in [-0.1, -0.05) is 42.2 Å². The Morgan fingerprint density at radius 3 is 2.53 bits per heavy atom. The number of urea groups is 1. The lowest BCUT2D eigenvalue weighted by molar-refractivity contribution is -0.0585. The first kappa shape index (κ1) is 22.3. The summed E-state index contributed by atoms with van der Waals surface area (Å²) in [6, 6.07) is 17.7. The van der Waals surface area contributed by atoms with Crippen LogP contribution in [0.15, 0.2) is 54.6 Å². The van der Waals surface area contributed by atoms with Crippen LogP contribution in [0, 0.1) is 11.8 Å². The van der Waals surface area contributed by atoms with Gasteiger partial charge < -0.3 is 20.4 Å². The monoisotopic (exact) mass is 433 g/mol. The number of fused-ring (bicyclic) bond motifs is 1. The first-order valence-electron chi connectivity index (χ1n) is 11.3. The topological polar surface area (TPSA) is 76.0 Å². The lowest BCUT2D eigenvalue weighted by atomic mass is 9.74. The van der Waals surface area contributed by atoms with Crippen LogP contribution in [-0.4, -0.2) is 70.5 Å². The molecule has 6 nitrogen and oxygen atoms in total. The van der Waals surface area contributed by atoms with Crippen LogP contribution >= 0.6 is 0 Å². The third kappa shape index (κ3) is 4.97. The second kappa shape index (κ2) is 10.2. The van der Waals surface area contributed by atoms with E-state index in [2.05, 4.69) is 34.2 Å². The molecular weight excluding hydrogens is 402 g/mol. The molecule has 2 saturated heterocycles. The van der Waals surface area contributed by atoms with Crippen molar-refractivity contribution in [2.75, 3.05) is 31.6 Å². The zero-order chi connectivity index (χ0) is 22.5. The summed E-state index contributed by atoms with van der Waals surface area (Å²) in [4.78, 5) is 17.3. The second-order valence-corrected chi connectivity index (χ2v) is 8.60. The van der Waals surface area contributed by atoms with E-state index in [0.29, 0.717) is 6.54 Å². The molecule has 6 heteroatoms. The molecule has 4 atom stereocenters. The van der Waals surface area contributed by atoms with E-state index in [-0.39, 0.29) is 30.6 Å². The normalized spacial score (nSPS) is 24.1. The van der Waals surface area contributed by atoms with Gasteiger partial charge in [0.25, 0.3) is 0 Å². The van der Waals surface area contributed by atoms with Gasteiger partial charge in [0.15, 0.2) is 0 Å². The molecule has 0 aliphatic carbocycles. The van der Waals surface area contributed by atoms with Crippen LogP contribution in [0.4, 0.5) is 10.5 Å². The van der Waals surface area contributed by atoms with Gasteiger partial charge in [0, 0.05) is 42.3 Å². The van der Waals surface area contributed by atoms with Crippen LogP contribution < -0.4 is 5.32 Å². The maximum atomic E-state index is 13.0. The van der Waals surface area contributed by atoms with Crippen molar-refractivity contribution in [2.24, 2.45) is 0 Å². The molecule has 0 spiro atoms. The summed E-state index contributed by atoms with van der Waals surface area (Å²) in [7, 11) is 0. The molecule has 3 N–H and O–H groups in total. The second-order valence-electron chi connectivity index (χ2n) is 8.60. The average molecular weight is 434 g/mol. The molecule has 0 aromatic heterocycles. The predicted octanol–water partition coefficient (Wildman–Crippen LogP) is 2.88. The molecule has 168 valence electrons. The number of aliphatic hydroxyl groups excluding tert-OH is 2. The molecule has 2 heterocycles. The highest BCUT2D eigenvalue weighted by molar-refractivity contribution is 5.89. The van der Waals surface area contributed by atoms with Crippen LogP contribution in [0.1, 0.15) is 36.8 Å². The number of anilines is 1. The van der Waals surface area contributed by atoms with Crippen molar-refractivity contribution in [2.45, 2.75) is 43.9 Å². The van der Waals surface area contributed by atoms with Crippen LogP contribution in [0.3, 0.4) is 0 Å². The predicted molar refractivity (Wildman–Crippen MR) is 125 cm³/mol. The molecule has 2 amide bonds. The summed E-state index contributed by atoms with van der Waals surface area (Å²) in [6.07, 6.45) is 1.30. The zero-order valence-electron chi connectivity index (χ0n) is 18.4. The zero-order valence-corrected chi connectivity index (χ0v) is 18.4. The first-order valence-corrected chi connectivity index (χ1v) is 11.3. The van der Waals surface area contributed by atoms with Gasteiger partial charge in [-0.25, -0.2) is 4.79 Å². The lowest BCUT2D eigenvalue weighted by Gasteiger charge is -2.57. The molecule has 2 aromatic carbocycles. The van der Waals surface area contributed by atoms with Gasteiger partial charge in [0.05, 0.1) is 6.61 Å².